The molecule has 7 heteroatoms. The van der Waals surface area contributed by atoms with E-state index in [1.807, 2.05) is 29.3 Å². The van der Waals surface area contributed by atoms with Gasteiger partial charge < -0.3 is 20.2 Å². The molecule has 5 rings (SSSR count). The third-order valence-electron chi connectivity index (χ3n) is 7.80. The number of nitrogens with one attached hydrogen (secondary N) is 1. The molecule has 2 N–H and O–H groups in total. The van der Waals surface area contributed by atoms with Crippen molar-refractivity contribution in [2.45, 2.75) is 51.7 Å². The number of rotatable bonds is 7. The molecule has 3 heterocycles. The van der Waals surface area contributed by atoms with E-state index < -0.39 is 0 Å². The number of hydrogen-bond acceptors (Lipinski definition) is 6. The number of carbonyl (C=O) groups excluding carboxylic acids is 1. The van der Waals surface area contributed by atoms with Gasteiger partial charge in [0.15, 0.2) is 0 Å². The molecule has 0 spiro atoms. The zero-order valence-corrected chi connectivity index (χ0v) is 21.8. The van der Waals surface area contributed by atoms with Gasteiger partial charge in [0.2, 0.25) is 11.9 Å². The van der Waals surface area contributed by atoms with Gasteiger partial charge >= 0.3 is 0 Å². The number of hydrogen-bond donors (Lipinski definition) is 2. The van der Waals surface area contributed by atoms with Crippen molar-refractivity contribution in [3.05, 3.63) is 88.7 Å². The number of fused-ring (bicyclic) bond motifs is 1. The number of aliphatic hydroxyl groups is 1. The van der Waals surface area contributed by atoms with E-state index in [4.69, 9.17) is 4.98 Å². The maximum absolute atomic E-state index is 14.1. The van der Waals surface area contributed by atoms with Crippen LogP contribution in [0.25, 0.3) is 0 Å². The van der Waals surface area contributed by atoms with E-state index in [-0.39, 0.29) is 30.4 Å². The molecule has 3 atom stereocenters. The number of benzene rings is 2. The minimum Gasteiger partial charge on any atom is -0.395 e. The van der Waals surface area contributed by atoms with E-state index >= 15 is 0 Å². The molecule has 1 fully saturated rings. The van der Waals surface area contributed by atoms with E-state index in [1.54, 1.807) is 0 Å². The zero-order valence-electron chi connectivity index (χ0n) is 21.8. The topological polar surface area (TPSA) is 81.6 Å². The fourth-order valence-corrected chi connectivity index (χ4v) is 5.76. The number of aromatic nitrogens is 2. The molecule has 7 nitrogen and oxygen atoms in total. The molecule has 1 aromatic heterocycles. The lowest BCUT2D eigenvalue weighted by atomic mass is 9.79. The van der Waals surface area contributed by atoms with Crippen LogP contribution in [-0.4, -0.2) is 63.1 Å². The van der Waals surface area contributed by atoms with Crippen LogP contribution in [0.1, 0.15) is 47.2 Å². The fourth-order valence-electron chi connectivity index (χ4n) is 5.76. The molecule has 1 amide bonds. The Morgan fingerprint density at radius 3 is 2.78 bits per heavy atom. The number of piperidine rings is 1. The number of carbonyl (C=O) groups is 1. The largest absolute Gasteiger partial charge is 0.395 e. The maximum atomic E-state index is 14.1. The van der Waals surface area contributed by atoms with Gasteiger partial charge in [0.05, 0.1) is 18.8 Å². The van der Waals surface area contributed by atoms with Crippen molar-refractivity contribution >= 4 is 11.9 Å². The van der Waals surface area contributed by atoms with Crippen molar-refractivity contribution in [2.75, 3.05) is 31.6 Å². The highest BCUT2D eigenvalue weighted by Crippen LogP contribution is 2.36. The summed E-state index contributed by atoms with van der Waals surface area (Å²) in [4.78, 5) is 27.8. The maximum Gasteiger partial charge on any atom is 0.227 e. The summed E-state index contributed by atoms with van der Waals surface area (Å²) in [7, 11) is 0. The van der Waals surface area contributed by atoms with Crippen LogP contribution in [0.4, 0.5) is 5.95 Å². The van der Waals surface area contributed by atoms with Crippen molar-refractivity contribution in [2.24, 2.45) is 5.92 Å². The molecule has 0 saturated carbocycles. The summed E-state index contributed by atoms with van der Waals surface area (Å²) in [6, 6.07) is 18.8. The van der Waals surface area contributed by atoms with Gasteiger partial charge in [0, 0.05) is 43.7 Å². The second-order valence-electron chi connectivity index (χ2n) is 10.5. The average Bonchev–Trinajstić information content (AvgIpc) is 2.92. The van der Waals surface area contributed by atoms with Gasteiger partial charge in [-0.3, -0.25) is 4.79 Å². The van der Waals surface area contributed by atoms with Gasteiger partial charge in [0.1, 0.15) is 0 Å². The summed E-state index contributed by atoms with van der Waals surface area (Å²) in [6.45, 7) is 7.79. The fraction of sp³-hybridized carbons (Fsp3) is 0.433. The predicted molar refractivity (Wildman–Crippen MR) is 145 cm³/mol. The minimum absolute atomic E-state index is 0.0849. The van der Waals surface area contributed by atoms with E-state index in [0.717, 1.165) is 37.2 Å². The van der Waals surface area contributed by atoms with Gasteiger partial charge in [0.25, 0.3) is 0 Å². The minimum atomic E-state index is -0.0849. The predicted octanol–water partition coefficient (Wildman–Crippen LogP) is 3.77. The molecular formula is C30H37N5O2. The van der Waals surface area contributed by atoms with Crippen LogP contribution in [-0.2, 0) is 24.3 Å². The first kappa shape index (κ1) is 25.4. The van der Waals surface area contributed by atoms with Crippen LogP contribution < -0.4 is 5.32 Å². The van der Waals surface area contributed by atoms with Crippen LogP contribution >= 0.6 is 0 Å². The van der Waals surface area contributed by atoms with Crippen molar-refractivity contribution in [3.63, 3.8) is 0 Å². The van der Waals surface area contributed by atoms with E-state index in [1.165, 1.54) is 16.7 Å². The highest BCUT2D eigenvalue weighted by Gasteiger charge is 2.39. The monoisotopic (exact) mass is 499 g/mol. The summed E-state index contributed by atoms with van der Waals surface area (Å²) in [5, 5.41) is 12.8. The summed E-state index contributed by atoms with van der Waals surface area (Å²) in [6.07, 6.45) is 3.47. The Morgan fingerprint density at radius 2 is 2.00 bits per heavy atom. The molecule has 2 aliphatic rings. The Morgan fingerprint density at radius 1 is 1.16 bits per heavy atom. The second kappa shape index (κ2) is 11.4. The Balaban J connectivity index is 1.34. The number of β-amino-alcohol motifs (C(OH)–C–C–N with tert-alkyl or cyclic N) is 1. The van der Waals surface area contributed by atoms with Gasteiger partial charge in [-0.05, 0) is 49.9 Å². The zero-order chi connectivity index (χ0) is 25.8. The number of likely N-dealkylation sites (tertiary alicyclic amines) is 1. The average molecular weight is 500 g/mol. The van der Waals surface area contributed by atoms with E-state index in [9.17, 15) is 9.90 Å². The summed E-state index contributed by atoms with van der Waals surface area (Å²) in [5.74, 6) is 0.832. The molecule has 0 radical (unpaired) electrons. The Bertz CT molecular complexity index is 1220. The highest BCUT2D eigenvalue weighted by atomic mass is 16.3. The van der Waals surface area contributed by atoms with Crippen molar-refractivity contribution < 1.29 is 9.90 Å². The lowest BCUT2D eigenvalue weighted by molar-refractivity contribution is -0.141. The molecule has 2 aliphatic heterocycles. The number of nitrogens with zero attached hydrogens (tertiary/aromatic N) is 4. The molecule has 2 aromatic carbocycles. The molecule has 0 aliphatic carbocycles. The first-order valence-electron chi connectivity index (χ1n) is 13.3. The smallest absolute Gasteiger partial charge is 0.227 e. The quantitative estimate of drug-likeness (QED) is 0.515. The summed E-state index contributed by atoms with van der Waals surface area (Å²) in [5.41, 5.74) is 5.64. The van der Waals surface area contributed by atoms with Gasteiger partial charge in [-0.2, -0.15) is 0 Å². The third kappa shape index (κ3) is 5.84. The first-order chi connectivity index (χ1) is 18.0. The molecule has 194 valence electrons. The summed E-state index contributed by atoms with van der Waals surface area (Å²) < 4.78 is 0. The lowest BCUT2D eigenvalue weighted by Crippen LogP contribution is -2.51. The van der Waals surface area contributed by atoms with Crippen LogP contribution in [0.3, 0.4) is 0 Å². The SMILES string of the molecule is Cc1cccc([C@H]2CN(CCO)CC[C@@H]2C(=O)N2Cc3nc(NCc4ccccc4)ncc3C[C@H]2C)c1. The van der Waals surface area contributed by atoms with Gasteiger partial charge in [-0.15, -0.1) is 0 Å². The van der Waals surface area contributed by atoms with Crippen LogP contribution in [0.2, 0.25) is 0 Å². The molecule has 3 aromatic rings. The Labute approximate surface area is 219 Å². The van der Waals surface area contributed by atoms with E-state index in [0.29, 0.717) is 25.6 Å². The lowest BCUT2D eigenvalue weighted by Gasteiger charge is -2.42. The molecular weight excluding hydrogens is 462 g/mol. The first-order valence-corrected chi connectivity index (χ1v) is 13.3. The number of anilines is 1. The van der Waals surface area contributed by atoms with Crippen LogP contribution in [0, 0.1) is 12.8 Å². The van der Waals surface area contributed by atoms with Gasteiger partial charge in [-0.25, -0.2) is 9.97 Å². The number of amides is 1. The summed E-state index contributed by atoms with van der Waals surface area (Å²) >= 11 is 0. The number of aryl methyl sites for hydroxylation is 1. The van der Waals surface area contributed by atoms with Gasteiger partial charge in [-0.1, -0.05) is 60.2 Å². The number of aliphatic hydroxyl groups excluding tert-OH is 1. The Kier molecular flexibility index (Phi) is 7.82. The Hall–Kier alpha value is -3.29. The van der Waals surface area contributed by atoms with Crippen molar-refractivity contribution in [1.82, 2.24) is 19.8 Å². The molecule has 0 bridgehead atoms. The highest BCUT2D eigenvalue weighted by molar-refractivity contribution is 5.81. The third-order valence-corrected chi connectivity index (χ3v) is 7.80. The van der Waals surface area contributed by atoms with Crippen LogP contribution in [0.15, 0.2) is 60.8 Å². The second-order valence-corrected chi connectivity index (χ2v) is 10.5. The normalized spacial score (nSPS) is 21.9. The van der Waals surface area contributed by atoms with Crippen molar-refractivity contribution in [1.29, 1.82) is 0 Å². The standard InChI is InChI=1S/C30H37N5O2/c1-21-7-6-10-24(15-21)27-19-34(13-14-36)12-11-26(27)29(37)35-20-28-25(16-22(35)2)18-32-30(33-28)31-17-23-8-4-3-5-9-23/h3-10,15,18,22,26-27,36H,11-14,16-17,19-20H2,1-2H3,(H,31,32,33)/t22-,26+,27-/m1/s1. The molecule has 37 heavy (non-hydrogen) atoms. The molecule has 0 unspecified atom stereocenters. The van der Waals surface area contributed by atoms with Crippen LogP contribution in [0.5, 0.6) is 0 Å². The van der Waals surface area contributed by atoms with Crippen molar-refractivity contribution in [3.8, 4) is 0 Å². The molecule has 1 saturated heterocycles. The van der Waals surface area contributed by atoms with E-state index in [2.05, 4.69) is 65.4 Å².